The Morgan fingerprint density at radius 3 is 2.29 bits per heavy atom. The SMILES string of the molecule is CC(=O)NC(C(=O)N[C@@H](CCCN=C(N)N)C(=O)N1Cc2ccccc2C[C@H]1C(=O)N[C@@H](Cc1ccc2[nH]c3ccccc3c2c1)C(=O)NCC(=O)O)C1CCCCC1. The van der Waals surface area contributed by atoms with Gasteiger partial charge >= 0.3 is 5.97 Å². The number of carbonyl (C=O) groups is 6. The van der Waals surface area contributed by atoms with Gasteiger partial charge in [-0.2, -0.15) is 0 Å². The molecule has 1 saturated carbocycles. The number of nitrogens with zero attached hydrogens (tertiary/aromatic N) is 2. The van der Waals surface area contributed by atoms with Crippen molar-refractivity contribution >= 4 is 63.3 Å². The number of aliphatic carboxylic acids is 1. The molecule has 312 valence electrons. The van der Waals surface area contributed by atoms with Gasteiger partial charge in [-0.25, -0.2) is 0 Å². The molecule has 5 amide bonds. The average Bonchev–Trinajstić information content (AvgIpc) is 3.60. The van der Waals surface area contributed by atoms with Crippen LogP contribution in [0.25, 0.3) is 21.8 Å². The number of nitrogens with one attached hydrogen (secondary N) is 5. The second-order valence-electron chi connectivity index (χ2n) is 15.5. The van der Waals surface area contributed by atoms with Crippen molar-refractivity contribution in [2.24, 2.45) is 22.4 Å². The van der Waals surface area contributed by atoms with E-state index < -0.39 is 60.3 Å². The number of carboxylic acid groups (broad SMARTS) is 1. The van der Waals surface area contributed by atoms with Crippen LogP contribution in [0.2, 0.25) is 0 Å². The number of hydrogen-bond acceptors (Lipinski definition) is 7. The minimum atomic E-state index is -1.25. The third kappa shape index (κ3) is 10.7. The van der Waals surface area contributed by atoms with E-state index in [0.717, 1.165) is 70.6 Å². The molecule has 1 unspecified atom stereocenters. The van der Waals surface area contributed by atoms with Gasteiger partial charge in [0.2, 0.25) is 29.5 Å². The number of fused-ring (bicyclic) bond motifs is 4. The minimum absolute atomic E-state index is 0.0269. The van der Waals surface area contributed by atoms with Crippen molar-refractivity contribution in [1.29, 1.82) is 0 Å². The van der Waals surface area contributed by atoms with Gasteiger partial charge in [0, 0.05) is 54.7 Å². The van der Waals surface area contributed by atoms with Crippen LogP contribution in [0, 0.1) is 5.92 Å². The standard InChI is InChI=1S/C43H53N9O7/c1-25(53)48-38(27-10-3-2-4-11-27)41(58)50-34(16-9-19-46-43(44)45)42(59)52-24-29-13-6-5-12-28(29)22-36(52)40(57)51-35(39(56)47-23-37(54)55)21-26-17-18-33-31(20-26)30-14-7-8-15-32(30)49-33/h5-8,12-15,17-18,20,27,34-36,38,49H,2-4,9-11,16,19,21-24H2,1H3,(H,47,56)(H,48,53)(H,50,58)(H,51,57)(H,54,55)(H4,44,45,46)/t34-,35-,36-,38?/m0/s1. The maximum Gasteiger partial charge on any atom is 0.322 e. The van der Waals surface area contributed by atoms with Crippen molar-refractivity contribution in [3.05, 3.63) is 83.4 Å². The molecule has 16 heteroatoms. The third-order valence-corrected chi connectivity index (χ3v) is 11.2. The molecule has 2 aliphatic rings. The first-order chi connectivity index (χ1) is 28.4. The molecule has 0 bridgehead atoms. The fourth-order valence-electron chi connectivity index (χ4n) is 8.32. The quantitative estimate of drug-likeness (QED) is 0.0468. The van der Waals surface area contributed by atoms with Crippen molar-refractivity contribution in [2.75, 3.05) is 13.1 Å². The summed E-state index contributed by atoms with van der Waals surface area (Å²) >= 11 is 0. The number of aliphatic imine (C=N–C) groups is 1. The van der Waals surface area contributed by atoms with E-state index >= 15 is 0 Å². The van der Waals surface area contributed by atoms with Crippen LogP contribution in [-0.2, 0) is 48.2 Å². The van der Waals surface area contributed by atoms with Gasteiger partial charge in [-0.05, 0) is 66.5 Å². The van der Waals surface area contributed by atoms with Crippen molar-refractivity contribution in [1.82, 2.24) is 31.2 Å². The predicted molar refractivity (Wildman–Crippen MR) is 223 cm³/mol. The maximum atomic E-state index is 14.8. The number of carboxylic acids is 1. The Labute approximate surface area is 341 Å². The number of nitrogens with two attached hydrogens (primary N) is 2. The van der Waals surface area contributed by atoms with Gasteiger partial charge in [-0.15, -0.1) is 0 Å². The first kappa shape index (κ1) is 42.2. The van der Waals surface area contributed by atoms with Crippen LogP contribution in [0.4, 0.5) is 0 Å². The van der Waals surface area contributed by atoms with E-state index in [1.165, 1.54) is 11.8 Å². The number of rotatable bonds is 16. The normalized spacial score (nSPS) is 16.9. The molecule has 59 heavy (non-hydrogen) atoms. The molecule has 4 aromatic rings. The first-order valence-corrected chi connectivity index (χ1v) is 20.2. The minimum Gasteiger partial charge on any atom is -0.480 e. The Hall–Kier alpha value is -6.45. The highest BCUT2D eigenvalue weighted by Gasteiger charge is 2.40. The summed E-state index contributed by atoms with van der Waals surface area (Å²) in [6, 6.07) is 16.6. The summed E-state index contributed by atoms with van der Waals surface area (Å²) in [5.41, 5.74) is 15.3. The second kappa shape index (κ2) is 19.3. The Balaban J connectivity index is 1.29. The molecule has 16 nitrogen and oxygen atoms in total. The molecule has 1 aliphatic carbocycles. The maximum absolute atomic E-state index is 14.8. The van der Waals surface area contributed by atoms with Crippen LogP contribution < -0.4 is 32.7 Å². The topological polar surface area (TPSA) is 254 Å². The summed E-state index contributed by atoms with van der Waals surface area (Å²) in [6.07, 6.45) is 4.98. The average molecular weight is 808 g/mol. The van der Waals surface area contributed by atoms with E-state index in [4.69, 9.17) is 11.5 Å². The number of hydrogen-bond donors (Lipinski definition) is 8. The van der Waals surface area contributed by atoms with Crippen molar-refractivity contribution in [3.63, 3.8) is 0 Å². The Morgan fingerprint density at radius 2 is 1.56 bits per heavy atom. The van der Waals surface area contributed by atoms with Crippen LogP contribution in [0.5, 0.6) is 0 Å². The van der Waals surface area contributed by atoms with Crippen LogP contribution in [0.3, 0.4) is 0 Å². The number of H-pyrrole nitrogens is 1. The van der Waals surface area contributed by atoms with Crippen LogP contribution >= 0.6 is 0 Å². The van der Waals surface area contributed by atoms with Crippen LogP contribution in [-0.4, -0.2) is 93.7 Å². The zero-order chi connectivity index (χ0) is 42.1. The van der Waals surface area contributed by atoms with Crippen LogP contribution in [0.15, 0.2) is 71.7 Å². The smallest absolute Gasteiger partial charge is 0.322 e. The van der Waals surface area contributed by atoms with Crippen molar-refractivity contribution in [2.45, 2.75) is 95.4 Å². The fourth-order valence-corrected chi connectivity index (χ4v) is 8.32. The third-order valence-electron chi connectivity index (χ3n) is 11.2. The molecule has 1 aromatic heterocycles. The molecular formula is C43H53N9O7. The van der Waals surface area contributed by atoms with E-state index in [1.807, 2.05) is 66.7 Å². The highest BCUT2D eigenvalue weighted by Crippen LogP contribution is 2.29. The molecule has 0 saturated heterocycles. The zero-order valence-corrected chi connectivity index (χ0v) is 33.2. The summed E-state index contributed by atoms with van der Waals surface area (Å²) in [7, 11) is 0. The van der Waals surface area contributed by atoms with Gasteiger partial charge in [0.15, 0.2) is 5.96 Å². The fraction of sp³-hybridized carbons (Fsp3) is 0.419. The molecule has 10 N–H and O–H groups in total. The monoisotopic (exact) mass is 807 g/mol. The van der Waals surface area contributed by atoms with E-state index in [2.05, 4.69) is 31.2 Å². The highest BCUT2D eigenvalue weighted by atomic mass is 16.4. The van der Waals surface area contributed by atoms with Gasteiger partial charge in [-0.3, -0.25) is 33.8 Å². The molecule has 3 aromatic carbocycles. The van der Waals surface area contributed by atoms with Crippen molar-refractivity contribution < 1.29 is 33.9 Å². The van der Waals surface area contributed by atoms with E-state index in [-0.39, 0.29) is 50.1 Å². The largest absolute Gasteiger partial charge is 0.480 e. The number of para-hydroxylation sites is 1. The molecule has 1 fully saturated rings. The summed E-state index contributed by atoms with van der Waals surface area (Å²) in [5, 5.41) is 22.3. The number of carbonyl (C=O) groups excluding carboxylic acids is 5. The van der Waals surface area contributed by atoms with Gasteiger partial charge in [-0.1, -0.05) is 67.8 Å². The van der Waals surface area contributed by atoms with Gasteiger partial charge in [0.1, 0.15) is 30.7 Å². The Kier molecular flexibility index (Phi) is 13.8. The molecule has 6 rings (SSSR count). The van der Waals surface area contributed by atoms with Gasteiger partial charge < -0.3 is 47.7 Å². The number of aromatic nitrogens is 1. The summed E-state index contributed by atoms with van der Waals surface area (Å²) in [6.45, 7) is 0.920. The molecule has 4 atom stereocenters. The van der Waals surface area contributed by atoms with Gasteiger partial charge in [0.05, 0.1) is 0 Å². The van der Waals surface area contributed by atoms with E-state index in [0.29, 0.717) is 6.42 Å². The lowest BCUT2D eigenvalue weighted by Gasteiger charge is -2.39. The molecule has 2 heterocycles. The second-order valence-corrected chi connectivity index (χ2v) is 15.5. The van der Waals surface area contributed by atoms with Crippen LogP contribution in [0.1, 0.15) is 68.6 Å². The number of amides is 5. The Morgan fingerprint density at radius 1 is 0.847 bits per heavy atom. The van der Waals surface area contributed by atoms with E-state index in [9.17, 15) is 33.9 Å². The zero-order valence-electron chi connectivity index (χ0n) is 33.2. The number of guanidine groups is 1. The molecule has 1 aliphatic heterocycles. The number of aromatic amines is 1. The first-order valence-electron chi connectivity index (χ1n) is 20.2. The summed E-state index contributed by atoms with van der Waals surface area (Å²) in [4.78, 5) is 89.6. The molecule has 0 radical (unpaired) electrons. The Bertz CT molecular complexity index is 2230. The summed E-state index contributed by atoms with van der Waals surface area (Å²) in [5.74, 6) is -4.18. The van der Waals surface area contributed by atoms with E-state index in [1.54, 1.807) is 0 Å². The van der Waals surface area contributed by atoms with Crippen molar-refractivity contribution in [3.8, 4) is 0 Å². The predicted octanol–water partition coefficient (Wildman–Crippen LogP) is 2.13. The molecular weight excluding hydrogens is 755 g/mol. The lowest BCUT2D eigenvalue weighted by atomic mass is 9.83. The number of benzene rings is 3. The van der Waals surface area contributed by atoms with Gasteiger partial charge in [0.25, 0.3) is 0 Å². The molecule has 0 spiro atoms. The lowest BCUT2D eigenvalue weighted by Crippen LogP contribution is -2.61. The summed E-state index contributed by atoms with van der Waals surface area (Å²) < 4.78 is 0. The highest BCUT2D eigenvalue weighted by molar-refractivity contribution is 6.07. The lowest BCUT2D eigenvalue weighted by molar-refractivity contribution is -0.146.